The number of carbonyl (C=O) groups is 1. The molecule has 1 N–H and O–H groups in total. The van der Waals surface area contributed by atoms with Crippen molar-refractivity contribution < 1.29 is 4.79 Å². The second-order valence-corrected chi connectivity index (χ2v) is 5.71. The largest absolute Gasteiger partial charge is 0.352 e. The minimum atomic E-state index is 0.143. The Balaban J connectivity index is 1.77. The number of hydrogen-bond donors (Lipinski definition) is 1. The summed E-state index contributed by atoms with van der Waals surface area (Å²) in [5.74, 6) is 0.368. The molecule has 0 aliphatic carbocycles. The molecular formula is C17H21N3O. The van der Waals surface area contributed by atoms with Gasteiger partial charge in [-0.3, -0.25) is 9.48 Å². The Morgan fingerprint density at radius 2 is 2.14 bits per heavy atom. The summed E-state index contributed by atoms with van der Waals surface area (Å²) in [4.78, 5) is 11.8. The zero-order chi connectivity index (χ0) is 14.7. The standard InChI is InChI=1S/C17H21N3O/c1-2-8-20-12-14(11-18-20)15-10-17(21)19-16(15)9-13-6-4-3-5-7-13/h3-7,11-12,15-16H,2,8-10H2,1H3,(H,19,21). The van der Waals surface area contributed by atoms with Gasteiger partial charge in [0.15, 0.2) is 0 Å². The van der Waals surface area contributed by atoms with Crippen LogP contribution in [-0.2, 0) is 17.8 Å². The molecule has 1 fully saturated rings. The van der Waals surface area contributed by atoms with Crippen molar-refractivity contribution >= 4 is 5.91 Å². The smallest absolute Gasteiger partial charge is 0.220 e. The van der Waals surface area contributed by atoms with Crippen LogP contribution in [0.1, 0.15) is 36.8 Å². The Bertz CT molecular complexity index is 606. The number of aromatic nitrogens is 2. The number of hydrogen-bond acceptors (Lipinski definition) is 2. The van der Waals surface area contributed by atoms with Crippen molar-refractivity contribution in [1.82, 2.24) is 15.1 Å². The second kappa shape index (κ2) is 6.12. The fourth-order valence-corrected chi connectivity index (χ4v) is 3.04. The van der Waals surface area contributed by atoms with Crippen molar-refractivity contribution in [2.75, 3.05) is 0 Å². The maximum absolute atomic E-state index is 11.8. The van der Waals surface area contributed by atoms with E-state index in [9.17, 15) is 4.79 Å². The Hall–Kier alpha value is -2.10. The number of nitrogens with one attached hydrogen (secondary N) is 1. The van der Waals surface area contributed by atoms with Gasteiger partial charge in [-0.05, 0) is 24.0 Å². The Morgan fingerprint density at radius 1 is 1.33 bits per heavy atom. The van der Waals surface area contributed by atoms with Crippen LogP contribution in [0.25, 0.3) is 0 Å². The average molecular weight is 283 g/mol. The van der Waals surface area contributed by atoms with Crippen LogP contribution in [0.15, 0.2) is 42.7 Å². The zero-order valence-corrected chi connectivity index (χ0v) is 12.3. The molecule has 1 aromatic heterocycles. The maximum Gasteiger partial charge on any atom is 0.220 e. The SMILES string of the molecule is CCCn1cc(C2CC(=O)NC2Cc2ccccc2)cn1. The van der Waals surface area contributed by atoms with Gasteiger partial charge in [0.2, 0.25) is 5.91 Å². The molecule has 3 rings (SSSR count). The van der Waals surface area contributed by atoms with E-state index in [4.69, 9.17) is 0 Å². The van der Waals surface area contributed by atoms with E-state index in [-0.39, 0.29) is 17.9 Å². The fourth-order valence-electron chi connectivity index (χ4n) is 3.04. The first-order valence-corrected chi connectivity index (χ1v) is 7.62. The Morgan fingerprint density at radius 3 is 2.90 bits per heavy atom. The Kier molecular flexibility index (Phi) is 4.04. The van der Waals surface area contributed by atoms with Gasteiger partial charge < -0.3 is 5.32 Å². The molecule has 110 valence electrons. The predicted octanol–water partition coefficient (Wildman–Crippen LogP) is 2.51. The van der Waals surface area contributed by atoms with Gasteiger partial charge in [0.1, 0.15) is 0 Å². The van der Waals surface area contributed by atoms with Crippen LogP contribution in [0, 0.1) is 0 Å². The molecule has 1 aliphatic rings. The van der Waals surface area contributed by atoms with Crippen molar-refractivity contribution in [3.05, 3.63) is 53.9 Å². The Labute approximate surface area is 125 Å². The van der Waals surface area contributed by atoms with E-state index < -0.39 is 0 Å². The quantitative estimate of drug-likeness (QED) is 0.916. The molecule has 4 nitrogen and oxygen atoms in total. The van der Waals surface area contributed by atoms with E-state index in [0.717, 1.165) is 19.4 Å². The minimum Gasteiger partial charge on any atom is -0.352 e. The van der Waals surface area contributed by atoms with Gasteiger partial charge in [-0.2, -0.15) is 5.10 Å². The van der Waals surface area contributed by atoms with Crippen LogP contribution in [0.4, 0.5) is 0 Å². The first-order chi connectivity index (χ1) is 10.3. The lowest BCUT2D eigenvalue weighted by Gasteiger charge is -2.17. The van der Waals surface area contributed by atoms with Crippen LogP contribution in [-0.4, -0.2) is 21.7 Å². The molecule has 21 heavy (non-hydrogen) atoms. The van der Waals surface area contributed by atoms with E-state index in [0.29, 0.717) is 6.42 Å². The summed E-state index contributed by atoms with van der Waals surface area (Å²) < 4.78 is 1.97. The first-order valence-electron chi connectivity index (χ1n) is 7.62. The minimum absolute atomic E-state index is 0.143. The molecular weight excluding hydrogens is 262 g/mol. The highest BCUT2D eigenvalue weighted by Crippen LogP contribution is 2.30. The van der Waals surface area contributed by atoms with E-state index in [2.05, 4.69) is 35.7 Å². The van der Waals surface area contributed by atoms with Crippen LogP contribution in [0.5, 0.6) is 0 Å². The topological polar surface area (TPSA) is 46.9 Å². The molecule has 2 aromatic rings. The van der Waals surface area contributed by atoms with Gasteiger partial charge in [0, 0.05) is 31.1 Å². The maximum atomic E-state index is 11.8. The van der Waals surface area contributed by atoms with Crippen molar-refractivity contribution in [2.24, 2.45) is 0 Å². The third-order valence-corrected chi connectivity index (χ3v) is 4.07. The summed E-state index contributed by atoms with van der Waals surface area (Å²) in [5.41, 5.74) is 2.43. The number of nitrogens with zero attached hydrogens (tertiary/aromatic N) is 2. The number of amides is 1. The predicted molar refractivity (Wildman–Crippen MR) is 82.0 cm³/mol. The van der Waals surface area contributed by atoms with Gasteiger partial charge in [-0.15, -0.1) is 0 Å². The summed E-state index contributed by atoms with van der Waals surface area (Å²) in [6, 6.07) is 10.5. The van der Waals surface area contributed by atoms with E-state index >= 15 is 0 Å². The summed E-state index contributed by atoms with van der Waals surface area (Å²) in [6.45, 7) is 3.07. The lowest BCUT2D eigenvalue weighted by molar-refractivity contribution is -0.119. The lowest BCUT2D eigenvalue weighted by atomic mass is 9.90. The van der Waals surface area contributed by atoms with Gasteiger partial charge >= 0.3 is 0 Å². The van der Waals surface area contributed by atoms with Gasteiger partial charge in [0.25, 0.3) is 0 Å². The molecule has 1 aromatic carbocycles. The van der Waals surface area contributed by atoms with Crippen LogP contribution >= 0.6 is 0 Å². The number of carbonyl (C=O) groups excluding carboxylic acids is 1. The number of rotatable bonds is 5. The molecule has 1 amide bonds. The van der Waals surface area contributed by atoms with Crippen LogP contribution in [0.2, 0.25) is 0 Å². The van der Waals surface area contributed by atoms with Gasteiger partial charge in [-0.1, -0.05) is 37.3 Å². The molecule has 1 aliphatic heterocycles. The summed E-state index contributed by atoms with van der Waals surface area (Å²) in [5, 5.41) is 7.51. The second-order valence-electron chi connectivity index (χ2n) is 5.71. The van der Waals surface area contributed by atoms with Crippen LogP contribution < -0.4 is 5.32 Å². The van der Waals surface area contributed by atoms with Crippen molar-refractivity contribution in [2.45, 2.75) is 44.7 Å². The molecule has 0 radical (unpaired) electrons. The van der Waals surface area contributed by atoms with Crippen molar-refractivity contribution in [3.8, 4) is 0 Å². The fraction of sp³-hybridized carbons (Fsp3) is 0.412. The first kappa shape index (κ1) is 13.9. The summed E-state index contributed by atoms with van der Waals surface area (Å²) in [7, 11) is 0. The van der Waals surface area contributed by atoms with Gasteiger partial charge in [-0.25, -0.2) is 0 Å². The summed E-state index contributed by atoms with van der Waals surface area (Å²) in [6.07, 6.45) is 6.51. The average Bonchev–Trinajstić information content (AvgIpc) is 3.07. The monoisotopic (exact) mass is 283 g/mol. The molecule has 2 unspecified atom stereocenters. The molecule has 1 saturated heterocycles. The van der Waals surface area contributed by atoms with Gasteiger partial charge in [0.05, 0.1) is 6.20 Å². The molecule has 0 bridgehead atoms. The van der Waals surface area contributed by atoms with Crippen molar-refractivity contribution in [3.63, 3.8) is 0 Å². The van der Waals surface area contributed by atoms with E-state index in [1.54, 1.807) is 0 Å². The highest BCUT2D eigenvalue weighted by Gasteiger charge is 2.34. The summed E-state index contributed by atoms with van der Waals surface area (Å²) >= 11 is 0. The third kappa shape index (κ3) is 3.15. The normalized spacial score (nSPS) is 21.5. The molecule has 4 heteroatoms. The lowest BCUT2D eigenvalue weighted by Crippen LogP contribution is -2.30. The number of aryl methyl sites for hydroxylation is 1. The highest BCUT2D eigenvalue weighted by atomic mass is 16.2. The molecule has 0 saturated carbocycles. The van der Waals surface area contributed by atoms with Crippen molar-refractivity contribution in [1.29, 1.82) is 0 Å². The molecule has 2 heterocycles. The third-order valence-electron chi connectivity index (χ3n) is 4.07. The number of benzene rings is 1. The highest BCUT2D eigenvalue weighted by molar-refractivity contribution is 5.80. The molecule has 0 spiro atoms. The van der Waals surface area contributed by atoms with E-state index in [1.165, 1.54) is 11.1 Å². The molecule has 2 atom stereocenters. The zero-order valence-electron chi connectivity index (χ0n) is 12.3. The van der Waals surface area contributed by atoms with E-state index in [1.807, 2.05) is 29.1 Å². The van der Waals surface area contributed by atoms with Crippen LogP contribution in [0.3, 0.4) is 0 Å².